The van der Waals surface area contributed by atoms with E-state index in [1.807, 2.05) is 48.5 Å². The molecule has 0 aromatic carbocycles. The maximum atomic E-state index is 12.5. The number of ether oxygens (including phenoxy) is 7. The largest absolute Gasteiger partial charge is 0.758 e. The van der Waals surface area contributed by atoms with Crippen molar-refractivity contribution in [2.45, 2.75) is 225 Å². The number of carbonyl (C=O) groups is 1. The van der Waals surface area contributed by atoms with Crippen LogP contribution in [0.15, 0.2) is 0 Å². The number of phosphoric acid groups is 5. The second-order valence-corrected chi connectivity index (χ2v) is 31.4. The van der Waals surface area contributed by atoms with Crippen LogP contribution >= 0.6 is 39.1 Å². The van der Waals surface area contributed by atoms with Gasteiger partial charge in [-0.25, -0.2) is 4.79 Å². The average Bonchev–Trinajstić information content (AvgIpc) is 2.84. The molecule has 510 valence electrons. The molecule has 5 aliphatic rings. The number of carboxylic acid groups (broad SMARTS) is 1. The Morgan fingerprint density at radius 2 is 0.859 bits per heavy atom. The van der Waals surface area contributed by atoms with Gasteiger partial charge in [-0.2, -0.15) is 13.2 Å². The van der Waals surface area contributed by atoms with Crippen molar-refractivity contribution in [3.05, 3.63) is 13.2 Å². The molecule has 0 aromatic heterocycles. The molecule has 92 heavy (non-hydrogen) atoms. The van der Waals surface area contributed by atoms with Gasteiger partial charge >= 0.3 is 5.97 Å². The molecular weight excluding hydrogens is 1620 g/mol. The first kappa shape index (κ1) is 101. The fraction of sp³-hybridized carbons (Fsp3) is 0.935. The number of aliphatic carboxylic acids is 1. The van der Waals surface area contributed by atoms with Crippen LogP contribution in [-0.2, 0) is 232 Å². The van der Waals surface area contributed by atoms with Crippen LogP contribution < -0.4 is 24.5 Å². The summed E-state index contributed by atoms with van der Waals surface area (Å²) in [6, 6.07) is -3.33. The van der Waals surface area contributed by atoms with E-state index in [1.54, 1.807) is 41.5 Å². The van der Waals surface area contributed by atoms with Crippen molar-refractivity contribution in [2.75, 3.05) is 33.0 Å². The normalized spacial score (nSPS) is 31.2. The molecule has 0 saturated carbocycles. The standard InChI is InChI=1S/C18H33B3O11P2.C10H18BO7P.C10H19BO6P.C8H16B2O6P.4Y/c1-11(2)26-8-14-13(7-17(21-20)30-14)32-33(22,23)27-9-15-12(6-16(19)29-15)31-34(24,25)28-10-18(3,4)5;1-10(2,3)5-16-19(14,15)18-6-4-7(11)17-8(6)9(12)13;1-10(2,3)6-15-18(13,14)17-7-4-9(11)16-8(7)5-12;1-5(2)14-4-7-6(16-17(11,12)13)3-8(10-9)15-7;;;;/h9,11-17H,6-8,10H2,1-5H3,(H,22,23)(H,24,25);6-8H,4-5H2,1-3H3,(H,12,13)(H,14,15);5,7-9,12H,4,6H2,1-3H3,(H,13,14);5-8H,3-4H2,1-2H3,(H2,11,12,13);;;;/q-1;;-1;;;;;/p-5/t12-,13-,14-,15-,16-,17-;6-,7-,8+;7-,8-,9-;6-,7-,8-;;;;/m1111..../s1. The van der Waals surface area contributed by atoms with Gasteiger partial charge in [0.25, 0.3) is 31.3 Å². The first-order valence-corrected chi connectivity index (χ1v) is 35.1. The number of hydrogen-bond acceptors (Lipinski definition) is 28. The predicted molar refractivity (Wildman–Crippen MR) is 309 cm³/mol. The van der Waals surface area contributed by atoms with Crippen molar-refractivity contribution in [1.29, 1.82) is 0 Å². The minimum atomic E-state index is -4.90. The molecule has 46 heteroatoms. The number of phosphoric ester groups is 5. The summed E-state index contributed by atoms with van der Waals surface area (Å²) in [6.07, 6.45) is -9.08. The molecule has 5 unspecified atom stereocenters. The second-order valence-electron chi connectivity index (χ2n) is 24.8. The number of rotatable bonds is 29. The first-order valence-electron chi connectivity index (χ1n) is 27.8. The summed E-state index contributed by atoms with van der Waals surface area (Å²) in [5.74, 6) is -1.33. The Morgan fingerprint density at radius 1 is 0.533 bits per heavy atom. The fourth-order valence-electron chi connectivity index (χ4n) is 7.61. The Balaban J connectivity index is -0.00000119. The molecule has 0 aliphatic carbocycles. The third-order valence-corrected chi connectivity index (χ3v) is 15.9. The molecule has 0 bridgehead atoms. The Hall–Kier alpha value is 4.57. The second kappa shape index (κ2) is 45.8. The molecule has 20 atom stereocenters. The minimum absolute atomic E-state index is 0. The smallest absolute Gasteiger partial charge is 0.335 e. The van der Waals surface area contributed by atoms with E-state index >= 15 is 0 Å². The van der Waals surface area contributed by atoms with E-state index < -0.39 is 142 Å². The van der Waals surface area contributed by atoms with Crippen molar-refractivity contribution < 1.29 is 272 Å². The van der Waals surface area contributed by atoms with Gasteiger partial charge in [0.15, 0.2) is 6.10 Å². The molecule has 5 heterocycles. The van der Waals surface area contributed by atoms with Crippen LogP contribution in [-0.4, -0.2) is 211 Å². The number of carboxylic acids is 1. The molecular formula is C46H81B7O30P5Y4-7. The molecule has 5 rings (SSSR count). The van der Waals surface area contributed by atoms with Crippen LogP contribution in [0.4, 0.5) is 0 Å². The summed E-state index contributed by atoms with van der Waals surface area (Å²) in [6.45, 7) is 25.3. The molecule has 0 amide bonds. The van der Waals surface area contributed by atoms with E-state index in [1.165, 1.54) is 14.3 Å². The van der Waals surface area contributed by atoms with Crippen LogP contribution in [0, 0.1) is 29.5 Å². The maximum absolute atomic E-state index is 12.5. The summed E-state index contributed by atoms with van der Waals surface area (Å²) >= 11 is 0. The van der Waals surface area contributed by atoms with Crippen LogP contribution in [0.25, 0.3) is 0 Å². The number of hydrogen-bond donors (Lipinski definition) is 3. The third kappa shape index (κ3) is 44.4. The molecule has 0 spiro atoms. The average molecular weight is 1700 g/mol. The Bertz CT molecular complexity index is 2340. The summed E-state index contributed by atoms with van der Waals surface area (Å²) in [5, 5.41) is 17.8. The molecule has 30 nitrogen and oxygen atoms in total. The van der Waals surface area contributed by atoms with Crippen molar-refractivity contribution in [3.63, 3.8) is 0 Å². The van der Waals surface area contributed by atoms with Crippen molar-refractivity contribution in [1.82, 2.24) is 0 Å². The van der Waals surface area contributed by atoms with E-state index in [-0.39, 0.29) is 219 Å². The van der Waals surface area contributed by atoms with Gasteiger partial charge in [0, 0.05) is 176 Å². The van der Waals surface area contributed by atoms with E-state index in [0.29, 0.717) is 0 Å². The Kier molecular flexibility index (Phi) is 50.2. The van der Waals surface area contributed by atoms with Gasteiger partial charge < -0.3 is 113 Å². The van der Waals surface area contributed by atoms with Gasteiger partial charge in [0.05, 0.1) is 84.0 Å². The van der Waals surface area contributed by atoms with Crippen LogP contribution in [0.5, 0.6) is 0 Å². The third-order valence-electron chi connectivity index (χ3n) is 11.5. The molecule has 5 aliphatic heterocycles. The summed E-state index contributed by atoms with van der Waals surface area (Å²) < 4.78 is 139. The number of aliphatic hydroxyl groups excluding tert-OH is 1. The summed E-state index contributed by atoms with van der Waals surface area (Å²) in [4.78, 5) is 78.1. The van der Waals surface area contributed by atoms with Crippen LogP contribution in [0.1, 0.15) is 122 Å². The quantitative estimate of drug-likeness (QED) is 0.0527. The summed E-state index contributed by atoms with van der Waals surface area (Å²) in [7, 11) is 6.67. The van der Waals surface area contributed by atoms with E-state index in [4.69, 9.17) is 123 Å². The number of aliphatic hydroxyl groups is 1. The van der Waals surface area contributed by atoms with Crippen molar-refractivity contribution >= 4 is 98.4 Å². The molecule has 5 saturated heterocycles. The molecule has 0 aromatic rings. The predicted octanol–water partition coefficient (Wildman–Crippen LogP) is 0.687. The van der Waals surface area contributed by atoms with Crippen molar-refractivity contribution in [2.24, 2.45) is 16.2 Å². The van der Waals surface area contributed by atoms with E-state index in [2.05, 4.69) is 4.52 Å². The topological polar surface area (TPSA) is 426 Å². The maximum Gasteiger partial charge on any atom is 0.335 e. The van der Waals surface area contributed by atoms with Gasteiger partial charge in [-0.15, -0.1) is 0 Å². The SMILES string of the molecule is [B][B][C@H]1C[C@@H](OP(=O)([O-])O)[C@@H](COC(C)C)O1.[B][B][C@H]1C[C@@H](OP(=O)([O-])O[CH-][C@H]2O[C@@H]([B])C[C@H]2OP(=O)([O-])OCC(C)(C)C)[C@@H](COC(C)C)O1.[B][C@H]1C[C@@H](OP(=O)([O-])OCC(C)(C)C)[C@@H](C(=O)O)O1.[B][C@H]1C[C@@H](OP(=O)([O-])OCC(C)(C)C)[C@@H]([CH-]O)O1.[Y].[Y].[Y].[Y]. The molecule has 16 radical (unpaired) electrons. The van der Waals surface area contributed by atoms with Gasteiger partial charge in [-0.05, 0) is 88.3 Å². The minimum Gasteiger partial charge on any atom is -0.758 e. The Morgan fingerprint density at radius 3 is 1.20 bits per heavy atom. The van der Waals surface area contributed by atoms with Gasteiger partial charge in [0.1, 0.15) is 41.9 Å². The molecule has 3 N–H and O–H groups in total. The summed E-state index contributed by atoms with van der Waals surface area (Å²) in [5.41, 5.74) is -1.08. The zero-order chi connectivity index (χ0) is 67.6. The monoisotopic (exact) mass is 1700 g/mol. The first-order chi connectivity index (χ1) is 40.0. The van der Waals surface area contributed by atoms with Crippen molar-refractivity contribution in [3.8, 4) is 0 Å². The van der Waals surface area contributed by atoms with E-state index in [0.717, 1.165) is 13.2 Å². The zero-order valence-electron chi connectivity index (χ0n) is 54.0. The van der Waals surface area contributed by atoms with Gasteiger partial charge in [0.2, 0.25) is 7.82 Å². The fourth-order valence-corrected chi connectivity index (χ4v) is 12.5. The van der Waals surface area contributed by atoms with E-state index in [9.17, 15) is 52.1 Å². The van der Waals surface area contributed by atoms with Gasteiger partial charge in [-0.1, -0.05) is 62.3 Å². The van der Waals surface area contributed by atoms with Crippen LogP contribution in [0.2, 0.25) is 0 Å². The van der Waals surface area contributed by atoms with Crippen LogP contribution in [0.3, 0.4) is 0 Å². The van der Waals surface area contributed by atoms with Gasteiger partial charge in [-0.3, -0.25) is 22.8 Å². The Labute approximate surface area is 650 Å². The molecule has 5 fully saturated rings. The zero-order valence-corrected chi connectivity index (χ0v) is 69.8.